The lowest BCUT2D eigenvalue weighted by molar-refractivity contribution is -0.142. The number of imide groups is 1. The molecule has 208 valence electrons. The van der Waals surface area contributed by atoms with Gasteiger partial charge in [-0.3, -0.25) is 24.1 Å². The SMILES string of the molecule is CC(C)(C)NC(=O)C(Cc1ccccc1)N(Cc1cccc(Br)c1)C(=O)CCCN1C(=O)c2ccccc2C1=O. The number of amides is 4. The number of benzene rings is 3. The predicted octanol–water partition coefficient (Wildman–Crippen LogP) is 5.38. The minimum absolute atomic E-state index is 0.0789. The van der Waals surface area contributed by atoms with Crippen LogP contribution in [0.15, 0.2) is 83.3 Å². The molecule has 8 heteroatoms. The number of hydrogen-bond donors (Lipinski definition) is 1. The van der Waals surface area contributed by atoms with Crippen LogP contribution >= 0.6 is 15.9 Å². The van der Waals surface area contributed by atoms with E-state index in [1.807, 2.05) is 75.4 Å². The van der Waals surface area contributed by atoms with Crippen LogP contribution in [0.5, 0.6) is 0 Å². The van der Waals surface area contributed by atoms with Gasteiger partial charge in [-0.25, -0.2) is 0 Å². The second-order valence-electron chi connectivity index (χ2n) is 11.0. The van der Waals surface area contributed by atoms with E-state index in [2.05, 4.69) is 21.2 Å². The van der Waals surface area contributed by atoms with Gasteiger partial charge >= 0.3 is 0 Å². The Kier molecular flexibility index (Phi) is 9.20. The van der Waals surface area contributed by atoms with Crippen molar-refractivity contribution in [2.24, 2.45) is 0 Å². The van der Waals surface area contributed by atoms with Gasteiger partial charge < -0.3 is 10.2 Å². The summed E-state index contributed by atoms with van der Waals surface area (Å²) in [6.45, 7) is 6.09. The molecule has 7 nitrogen and oxygen atoms in total. The van der Waals surface area contributed by atoms with E-state index in [9.17, 15) is 19.2 Å². The maximum absolute atomic E-state index is 13.8. The Labute approximate surface area is 243 Å². The van der Waals surface area contributed by atoms with Crippen LogP contribution in [0.1, 0.15) is 65.5 Å². The Morgan fingerprint density at radius 3 is 2.08 bits per heavy atom. The number of carbonyl (C=O) groups is 4. The Morgan fingerprint density at radius 2 is 1.48 bits per heavy atom. The first-order chi connectivity index (χ1) is 19.0. The maximum Gasteiger partial charge on any atom is 0.261 e. The summed E-state index contributed by atoms with van der Waals surface area (Å²) < 4.78 is 0.877. The Bertz CT molecular complexity index is 1370. The molecule has 1 unspecified atom stereocenters. The topological polar surface area (TPSA) is 86.8 Å². The van der Waals surface area contributed by atoms with Crippen LogP contribution in [0.4, 0.5) is 0 Å². The minimum atomic E-state index is -0.757. The first-order valence-electron chi connectivity index (χ1n) is 13.4. The fourth-order valence-electron chi connectivity index (χ4n) is 4.81. The van der Waals surface area contributed by atoms with Crippen molar-refractivity contribution in [2.75, 3.05) is 6.54 Å². The fourth-order valence-corrected chi connectivity index (χ4v) is 5.26. The fraction of sp³-hybridized carbons (Fsp3) is 0.312. The monoisotopic (exact) mass is 603 g/mol. The van der Waals surface area contributed by atoms with Crippen LogP contribution in [-0.4, -0.2) is 51.6 Å². The van der Waals surface area contributed by atoms with Gasteiger partial charge in [0.2, 0.25) is 11.8 Å². The van der Waals surface area contributed by atoms with E-state index in [-0.39, 0.29) is 49.6 Å². The first-order valence-corrected chi connectivity index (χ1v) is 14.2. The molecule has 0 saturated heterocycles. The summed E-state index contributed by atoms with van der Waals surface area (Å²) in [5.41, 5.74) is 2.11. The van der Waals surface area contributed by atoms with Crippen molar-refractivity contribution in [1.29, 1.82) is 0 Å². The average Bonchev–Trinajstić information content (AvgIpc) is 3.15. The number of nitrogens with zero attached hydrogens (tertiary/aromatic N) is 2. The summed E-state index contributed by atoms with van der Waals surface area (Å²) in [6, 6.07) is 23.3. The molecule has 40 heavy (non-hydrogen) atoms. The summed E-state index contributed by atoms with van der Waals surface area (Å²) in [7, 11) is 0. The highest BCUT2D eigenvalue weighted by molar-refractivity contribution is 9.10. The van der Waals surface area contributed by atoms with Crippen LogP contribution in [0.25, 0.3) is 0 Å². The summed E-state index contributed by atoms with van der Waals surface area (Å²) in [4.78, 5) is 55.9. The van der Waals surface area contributed by atoms with E-state index < -0.39 is 11.6 Å². The third-order valence-electron chi connectivity index (χ3n) is 6.66. The number of rotatable bonds is 10. The standard InChI is InChI=1S/C32H34BrN3O4/c1-32(2,3)34-29(38)27(20-22-11-5-4-6-12-22)36(21-23-13-9-14-24(33)19-23)28(37)17-10-18-35-30(39)25-15-7-8-16-26(25)31(35)40/h4-9,11-16,19,27H,10,17-18,20-21H2,1-3H3,(H,34,38). The van der Waals surface area contributed by atoms with E-state index in [1.165, 1.54) is 4.90 Å². The van der Waals surface area contributed by atoms with Gasteiger partial charge in [-0.15, -0.1) is 0 Å². The van der Waals surface area contributed by atoms with Crippen LogP contribution in [0, 0.1) is 0 Å². The molecule has 0 saturated carbocycles. The third-order valence-corrected chi connectivity index (χ3v) is 7.16. The van der Waals surface area contributed by atoms with E-state index >= 15 is 0 Å². The van der Waals surface area contributed by atoms with Gasteiger partial charge in [0.15, 0.2) is 0 Å². The first kappa shape index (κ1) is 29.2. The molecule has 0 aliphatic carbocycles. The van der Waals surface area contributed by atoms with Crippen LogP contribution < -0.4 is 5.32 Å². The van der Waals surface area contributed by atoms with Gasteiger partial charge in [0.25, 0.3) is 11.8 Å². The molecule has 1 aliphatic rings. The van der Waals surface area contributed by atoms with Crippen molar-refractivity contribution in [3.63, 3.8) is 0 Å². The highest BCUT2D eigenvalue weighted by Gasteiger charge is 2.36. The maximum atomic E-state index is 13.8. The number of fused-ring (bicyclic) bond motifs is 1. The molecule has 4 rings (SSSR count). The number of hydrogen-bond acceptors (Lipinski definition) is 4. The summed E-state index contributed by atoms with van der Waals surface area (Å²) in [5, 5.41) is 3.05. The predicted molar refractivity (Wildman–Crippen MR) is 158 cm³/mol. The second-order valence-corrected chi connectivity index (χ2v) is 11.9. The third kappa shape index (κ3) is 7.24. The molecular weight excluding hydrogens is 570 g/mol. The summed E-state index contributed by atoms with van der Waals surface area (Å²) in [6.07, 6.45) is 0.717. The molecule has 1 aliphatic heterocycles. The number of halogens is 1. The van der Waals surface area contributed by atoms with Crippen molar-refractivity contribution in [2.45, 2.75) is 58.2 Å². The van der Waals surface area contributed by atoms with E-state index in [4.69, 9.17) is 0 Å². The summed E-state index contributed by atoms with van der Waals surface area (Å²) in [5.74, 6) is -1.14. The Balaban J connectivity index is 1.56. The zero-order valence-electron chi connectivity index (χ0n) is 23.0. The molecule has 0 bridgehead atoms. The molecule has 1 atom stereocenters. The molecular formula is C32H34BrN3O4. The molecule has 0 radical (unpaired) electrons. The van der Waals surface area contributed by atoms with Crippen molar-refractivity contribution in [3.05, 3.63) is 106 Å². The van der Waals surface area contributed by atoms with E-state index in [1.54, 1.807) is 29.2 Å². The minimum Gasteiger partial charge on any atom is -0.350 e. The van der Waals surface area contributed by atoms with Gasteiger partial charge in [-0.2, -0.15) is 0 Å². The molecule has 3 aromatic rings. The largest absolute Gasteiger partial charge is 0.350 e. The lowest BCUT2D eigenvalue weighted by Crippen LogP contribution is -2.54. The Hall–Kier alpha value is -3.78. The van der Waals surface area contributed by atoms with E-state index in [0.717, 1.165) is 15.6 Å². The quantitative estimate of drug-likeness (QED) is 0.315. The molecule has 1 heterocycles. The van der Waals surface area contributed by atoms with Crippen LogP contribution in [0.2, 0.25) is 0 Å². The lowest BCUT2D eigenvalue weighted by Gasteiger charge is -2.34. The zero-order chi connectivity index (χ0) is 28.9. The zero-order valence-corrected chi connectivity index (χ0v) is 24.6. The van der Waals surface area contributed by atoms with Crippen LogP contribution in [-0.2, 0) is 22.6 Å². The van der Waals surface area contributed by atoms with Gasteiger partial charge in [0.1, 0.15) is 6.04 Å². The molecule has 0 spiro atoms. The molecule has 1 N–H and O–H groups in total. The van der Waals surface area contributed by atoms with Crippen molar-refractivity contribution in [1.82, 2.24) is 15.1 Å². The molecule has 3 aromatic carbocycles. The second kappa shape index (κ2) is 12.6. The number of nitrogens with one attached hydrogen (secondary N) is 1. The van der Waals surface area contributed by atoms with Gasteiger partial charge in [-0.1, -0.05) is 70.5 Å². The molecule has 0 aromatic heterocycles. The van der Waals surface area contributed by atoms with Crippen molar-refractivity contribution < 1.29 is 19.2 Å². The van der Waals surface area contributed by atoms with Crippen molar-refractivity contribution >= 4 is 39.6 Å². The molecule has 4 amide bonds. The summed E-state index contributed by atoms with van der Waals surface area (Å²) >= 11 is 3.50. The smallest absolute Gasteiger partial charge is 0.261 e. The average molecular weight is 605 g/mol. The highest BCUT2D eigenvalue weighted by Crippen LogP contribution is 2.24. The normalized spacial score (nSPS) is 13.7. The number of carbonyl (C=O) groups excluding carboxylic acids is 4. The van der Waals surface area contributed by atoms with Gasteiger partial charge in [0.05, 0.1) is 11.1 Å². The van der Waals surface area contributed by atoms with Gasteiger partial charge in [0, 0.05) is 35.9 Å². The van der Waals surface area contributed by atoms with Gasteiger partial charge in [-0.05, 0) is 62.6 Å². The van der Waals surface area contributed by atoms with Crippen molar-refractivity contribution in [3.8, 4) is 0 Å². The van der Waals surface area contributed by atoms with E-state index in [0.29, 0.717) is 17.5 Å². The lowest BCUT2D eigenvalue weighted by atomic mass is 10.00. The van der Waals surface area contributed by atoms with Crippen LogP contribution in [0.3, 0.4) is 0 Å². The molecule has 0 fully saturated rings. The Morgan fingerprint density at radius 1 is 0.875 bits per heavy atom. The highest BCUT2D eigenvalue weighted by atomic mass is 79.9.